The topological polar surface area (TPSA) is 47.6 Å². The van der Waals surface area contributed by atoms with E-state index in [1.807, 2.05) is 18.2 Å². The Morgan fingerprint density at radius 1 is 1.35 bits per heavy atom. The molecule has 1 aromatic rings. The van der Waals surface area contributed by atoms with Gasteiger partial charge in [0.25, 0.3) is 0 Å². The number of benzene rings is 1. The van der Waals surface area contributed by atoms with Crippen molar-refractivity contribution in [1.82, 2.24) is 5.32 Å². The minimum absolute atomic E-state index is 0.151. The Morgan fingerprint density at radius 2 is 2.18 bits per heavy atom. The van der Waals surface area contributed by atoms with E-state index in [0.717, 1.165) is 22.8 Å². The Kier molecular flexibility index (Phi) is 3.91. The van der Waals surface area contributed by atoms with Gasteiger partial charge in [0.05, 0.1) is 20.8 Å². The van der Waals surface area contributed by atoms with Crippen LogP contribution in [0, 0.1) is 0 Å². The van der Waals surface area contributed by atoms with Gasteiger partial charge in [-0.05, 0) is 6.07 Å². The van der Waals surface area contributed by atoms with Crippen LogP contribution in [0.25, 0.3) is 0 Å². The minimum atomic E-state index is 0.151. The molecular weight excluding hydrogens is 238 g/mol. The molecule has 0 aromatic heterocycles. The second-order valence-electron chi connectivity index (χ2n) is 3.72. The summed E-state index contributed by atoms with van der Waals surface area (Å²) in [7, 11) is 3.27. The third-order valence-electron chi connectivity index (χ3n) is 2.72. The number of nitrogens with one attached hydrogen (secondary N) is 1. The summed E-state index contributed by atoms with van der Waals surface area (Å²) < 4.78 is 10.5. The van der Waals surface area contributed by atoms with Crippen molar-refractivity contribution in [2.45, 2.75) is 6.04 Å². The maximum atomic E-state index is 11.1. The van der Waals surface area contributed by atoms with Crippen LogP contribution in [0.3, 0.4) is 0 Å². The highest BCUT2D eigenvalue weighted by Crippen LogP contribution is 2.32. The molecule has 1 atom stereocenters. The fourth-order valence-corrected chi connectivity index (χ4v) is 2.63. The Balaban J connectivity index is 2.22. The maximum absolute atomic E-state index is 11.1. The molecule has 0 radical (unpaired) electrons. The number of rotatable bonds is 3. The van der Waals surface area contributed by atoms with Gasteiger partial charge in [-0.15, -0.1) is 0 Å². The Hall–Kier alpha value is -1.20. The van der Waals surface area contributed by atoms with Gasteiger partial charge in [-0.2, -0.15) is 0 Å². The van der Waals surface area contributed by atoms with Crippen molar-refractivity contribution in [1.29, 1.82) is 0 Å². The van der Waals surface area contributed by atoms with Gasteiger partial charge < -0.3 is 14.8 Å². The smallest absolute Gasteiger partial charge is 0.202 e. The zero-order chi connectivity index (χ0) is 12.3. The molecule has 1 aliphatic rings. The second-order valence-corrected chi connectivity index (χ2v) is 4.80. The van der Waals surface area contributed by atoms with Crippen LogP contribution in [0.1, 0.15) is 11.6 Å². The lowest BCUT2D eigenvalue weighted by Gasteiger charge is -2.24. The number of carbonyl (C=O) groups excluding carboxylic acids is 1. The molecule has 17 heavy (non-hydrogen) atoms. The van der Waals surface area contributed by atoms with Crippen LogP contribution in [-0.2, 0) is 4.79 Å². The van der Waals surface area contributed by atoms with E-state index in [4.69, 9.17) is 9.47 Å². The average molecular weight is 253 g/mol. The molecule has 1 saturated heterocycles. The first kappa shape index (κ1) is 12.3. The van der Waals surface area contributed by atoms with E-state index in [0.29, 0.717) is 6.54 Å². The van der Waals surface area contributed by atoms with E-state index >= 15 is 0 Å². The SMILES string of the molecule is COc1ccc(C2CSC(=O)CN2)c(OC)c1. The number of hydrogen-bond acceptors (Lipinski definition) is 5. The van der Waals surface area contributed by atoms with Gasteiger partial charge in [0.15, 0.2) is 0 Å². The van der Waals surface area contributed by atoms with E-state index in [2.05, 4.69) is 5.32 Å². The van der Waals surface area contributed by atoms with Crippen molar-refractivity contribution in [3.05, 3.63) is 23.8 Å². The van der Waals surface area contributed by atoms with Gasteiger partial charge in [0.2, 0.25) is 5.12 Å². The highest BCUT2D eigenvalue weighted by molar-refractivity contribution is 8.13. The molecule has 1 N–H and O–H groups in total. The Labute approximate surface area is 105 Å². The Bertz CT molecular complexity index is 412. The summed E-state index contributed by atoms with van der Waals surface area (Å²) in [4.78, 5) is 11.1. The van der Waals surface area contributed by atoms with Crippen molar-refractivity contribution in [2.75, 3.05) is 26.5 Å². The van der Waals surface area contributed by atoms with E-state index in [9.17, 15) is 4.79 Å². The van der Waals surface area contributed by atoms with Crippen molar-refractivity contribution in [3.63, 3.8) is 0 Å². The van der Waals surface area contributed by atoms with Gasteiger partial charge in [-0.3, -0.25) is 4.79 Å². The van der Waals surface area contributed by atoms with Gasteiger partial charge in [-0.25, -0.2) is 0 Å². The van der Waals surface area contributed by atoms with Crippen LogP contribution in [-0.4, -0.2) is 31.6 Å². The minimum Gasteiger partial charge on any atom is -0.497 e. The van der Waals surface area contributed by atoms with Crippen molar-refractivity contribution in [3.8, 4) is 11.5 Å². The molecule has 1 aromatic carbocycles. The van der Waals surface area contributed by atoms with Gasteiger partial charge in [-0.1, -0.05) is 17.8 Å². The summed E-state index contributed by atoms with van der Waals surface area (Å²) in [5, 5.41) is 3.39. The number of carbonyl (C=O) groups is 1. The molecule has 0 spiro atoms. The summed E-state index contributed by atoms with van der Waals surface area (Å²) in [6, 6.07) is 5.89. The van der Waals surface area contributed by atoms with Crippen LogP contribution in [0.5, 0.6) is 11.5 Å². The van der Waals surface area contributed by atoms with E-state index < -0.39 is 0 Å². The van der Waals surface area contributed by atoms with Crippen LogP contribution in [0.2, 0.25) is 0 Å². The summed E-state index contributed by atoms with van der Waals surface area (Å²) in [6.45, 7) is 0.407. The van der Waals surface area contributed by atoms with E-state index in [-0.39, 0.29) is 11.2 Å². The molecule has 0 aliphatic carbocycles. The van der Waals surface area contributed by atoms with Crippen LogP contribution >= 0.6 is 11.8 Å². The first-order valence-electron chi connectivity index (χ1n) is 5.35. The fourth-order valence-electron chi connectivity index (χ4n) is 1.80. The molecule has 0 saturated carbocycles. The van der Waals surface area contributed by atoms with E-state index in [1.54, 1.807) is 14.2 Å². The van der Waals surface area contributed by atoms with Crippen molar-refractivity contribution in [2.24, 2.45) is 0 Å². The third kappa shape index (κ3) is 2.73. The predicted molar refractivity (Wildman–Crippen MR) is 67.8 cm³/mol. The van der Waals surface area contributed by atoms with Crippen LogP contribution in [0.4, 0.5) is 0 Å². The lowest BCUT2D eigenvalue weighted by atomic mass is 10.1. The predicted octanol–water partition coefficient (Wildman–Crippen LogP) is 1.61. The molecule has 92 valence electrons. The molecule has 4 nitrogen and oxygen atoms in total. The first-order chi connectivity index (χ1) is 8.24. The van der Waals surface area contributed by atoms with Crippen molar-refractivity contribution < 1.29 is 14.3 Å². The largest absolute Gasteiger partial charge is 0.497 e. The standard InChI is InChI=1S/C12H15NO3S/c1-15-8-3-4-9(11(5-8)16-2)10-7-17-12(14)6-13-10/h3-5,10,13H,6-7H2,1-2H3. The van der Waals surface area contributed by atoms with Gasteiger partial charge in [0, 0.05) is 23.4 Å². The number of hydrogen-bond donors (Lipinski definition) is 1. The number of methoxy groups -OCH3 is 2. The Morgan fingerprint density at radius 3 is 2.76 bits per heavy atom. The molecule has 0 amide bonds. The third-order valence-corrected chi connectivity index (χ3v) is 3.69. The molecule has 5 heteroatoms. The normalized spacial score (nSPS) is 20.1. The quantitative estimate of drug-likeness (QED) is 0.886. The van der Waals surface area contributed by atoms with Gasteiger partial charge >= 0.3 is 0 Å². The summed E-state index contributed by atoms with van der Waals surface area (Å²) in [6.07, 6.45) is 0. The monoisotopic (exact) mass is 253 g/mol. The van der Waals surface area contributed by atoms with Gasteiger partial charge in [0.1, 0.15) is 11.5 Å². The molecule has 1 heterocycles. The summed E-state index contributed by atoms with van der Waals surface area (Å²) >= 11 is 1.36. The lowest BCUT2D eigenvalue weighted by Crippen LogP contribution is -2.33. The maximum Gasteiger partial charge on any atom is 0.202 e. The van der Waals surface area contributed by atoms with Crippen molar-refractivity contribution >= 4 is 16.9 Å². The molecule has 1 unspecified atom stereocenters. The molecule has 1 aliphatic heterocycles. The second kappa shape index (κ2) is 5.42. The molecule has 1 fully saturated rings. The van der Waals surface area contributed by atoms with Crippen LogP contribution < -0.4 is 14.8 Å². The van der Waals surface area contributed by atoms with Crippen LogP contribution in [0.15, 0.2) is 18.2 Å². The van der Waals surface area contributed by atoms with E-state index in [1.165, 1.54) is 11.8 Å². The molecular formula is C12H15NO3S. The number of ether oxygens (including phenoxy) is 2. The zero-order valence-electron chi connectivity index (χ0n) is 9.86. The highest BCUT2D eigenvalue weighted by atomic mass is 32.2. The first-order valence-corrected chi connectivity index (χ1v) is 6.34. The summed E-state index contributed by atoms with van der Waals surface area (Å²) in [5.74, 6) is 2.29. The number of thioether (sulfide) groups is 1. The molecule has 0 bridgehead atoms. The lowest BCUT2D eigenvalue weighted by molar-refractivity contribution is -0.110. The molecule has 2 rings (SSSR count). The summed E-state index contributed by atoms with van der Waals surface area (Å²) in [5.41, 5.74) is 1.06. The fraction of sp³-hybridized carbons (Fsp3) is 0.417. The highest BCUT2D eigenvalue weighted by Gasteiger charge is 2.22. The average Bonchev–Trinajstić information content (AvgIpc) is 2.39. The zero-order valence-corrected chi connectivity index (χ0v) is 10.7.